The molecule has 0 unspecified atom stereocenters. The third-order valence-corrected chi connectivity index (χ3v) is 5.82. The van der Waals surface area contributed by atoms with E-state index in [0.717, 1.165) is 5.56 Å². The van der Waals surface area contributed by atoms with Crippen molar-refractivity contribution in [1.82, 2.24) is 0 Å². The van der Waals surface area contributed by atoms with Gasteiger partial charge in [0, 0.05) is 6.42 Å². The molecule has 1 heterocycles. The summed E-state index contributed by atoms with van der Waals surface area (Å²) >= 11 is 0. The normalized spacial score (nSPS) is 18.1. The summed E-state index contributed by atoms with van der Waals surface area (Å²) in [5, 5.41) is 2.77. The molecule has 1 N–H and O–H groups in total. The summed E-state index contributed by atoms with van der Waals surface area (Å²) in [4.78, 5) is 12.2. The number of sulfonamides is 1. The molecule has 23 heavy (non-hydrogen) atoms. The molecule has 120 valence electrons. The Morgan fingerprint density at radius 1 is 1.09 bits per heavy atom. The number of carbonyl (C=O) groups is 1. The number of benzene rings is 2. The van der Waals surface area contributed by atoms with Gasteiger partial charge in [-0.15, -0.1) is 0 Å². The maximum absolute atomic E-state index is 13.1. The molecular formula is C17H18N2O3S. The van der Waals surface area contributed by atoms with E-state index in [1.807, 2.05) is 6.92 Å². The summed E-state index contributed by atoms with van der Waals surface area (Å²) in [5.74, 6) is -0.188. The number of anilines is 2. The van der Waals surface area contributed by atoms with Crippen LogP contribution < -0.4 is 9.62 Å². The fourth-order valence-electron chi connectivity index (χ4n) is 2.75. The fourth-order valence-corrected chi connectivity index (χ4v) is 4.43. The van der Waals surface area contributed by atoms with E-state index in [1.54, 1.807) is 55.5 Å². The molecule has 1 aliphatic rings. The number of fused-ring (bicyclic) bond motifs is 1. The molecule has 0 aliphatic carbocycles. The molecule has 0 spiro atoms. The van der Waals surface area contributed by atoms with Gasteiger partial charge in [0.25, 0.3) is 10.0 Å². The van der Waals surface area contributed by atoms with E-state index in [2.05, 4.69) is 5.32 Å². The predicted molar refractivity (Wildman–Crippen MR) is 90.0 cm³/mol. The number of amides is 1. The highest BCUT2D eigenvalue weighted by Crippen LogP contribution is 2.35. The lowest BCUT2D eigenvalue weighted by molar-refractivity contribution is -0.116. The molecule has 0 saturated heterocycles. The van der Waals surface area contributed by atoms with Crippen molar-refractivity contribution < 1.29 is 13.2 Å². The van der Waals surface area contributed by atoms with Gasteiger partial charge in [0.1, 0.15) is 0 Å². The lowest BCUT2D eigenvalue weighted by Crippen LogP contribution is -2.39. The first-order valence-electron chi connectivity index (χ1n) is 7.39. The van der Waals surface area contributed by atoms with Crippen LogP contribution in [0.1, 0.15) is 18.9 Å². The van der Waals surface area contributed by atoms with Crippen molar-refractivity contribution in [1.29, 1.82) is 0 Å². The Morgan fingerprint density at radius 2 is 1.74 bits per heavy atom. The standard InChI is InChI=1S/C17H18N2O3S/c1-12-7-9-14(10-8-12)23(21,22)19-13(2)11-17(20)18-15-5-3-4-6-16(15)19/h3-10,13H,11H2,1-2H3,(H,18,20)/t13-/m0/s1. The Morgan fingerprint density at radius 3 is 2.43 bits per heavy atom. The van der Waals surface area contributed by atoms with Crippen molar-refractivity contribution in [3.8, 4) is 0 Å². The smallest absolute Gasteiger partial charge is 0.264 e. The summed E-state index contributed by atoms with van der Waals surface area (Å²) in [7, 11) is -3.75. The first-order valence-corrected chi connectivity index (χ1v) is 8.83. The van der Waals surface area contributed by atoms with E-state index < -0.39 is 16.1 Å². The van der Waals surface area contributed by atoms with Gasteiger partial charge in [-0.2, -0.15) is 0 Å². The molecule has 0 aromatic heterocycles. The van der Waals surface area contributed by atoms with E-state index in [9.17, 15) is 13.2 Å². The SMILES string of the molecule is Cc1ccc(S(=O)(=O)N2c3ccccc3NC(=O)C[C@@H]2C)cc1. The van der Waals surface area contributed by atoms with Crippen molar-refractivity contribution >= 4 is 27.3 Å². The summed E-state index contributed by atoms with van der Waals surface area (Å²) in [6.45, 7) is 3.65. The minimum absolute atomic E-state index is 0.111. The second-order valence-electron chi connectivity index (χ2n) is 5.73. The molecule has 5 nitrogen and oxygen atoms in total. The van der Waals surface area contributed by atoms with E-state index in [0.29, 0.717) is 11.4 Å². The van der Waals surface area contributed by atoms with E-state index in [-0.39, 0.29) is 17.2 Å². The molecule has 3 rings (SSSR count). The second-order valence-corrected chi connectivity index (χ2v) is 7.55. The number of nitrogens with zero attached hydrogens (tertiary/aromatic N) is 1. The number of hydrogen-bond acceptors (Lipinski definition) is 3. The molecule has 0 radical (unpaired) electrons. The third kappa shape index (κ3) is 2.82. The number of carbonyl (C=O) groups excluding carboxylic acids is 1. The zero-order valence-corrected chi connectivity index (χ0v) is 13.8. The molecular weight excluding hydrogens is 312 g/mol. The van der Waals surface area contributed by atoms with Crippen molar-refractivity contribution in [3.05, 3.63) is 54.1 Å². The highest BCUT2D eigenvalue weighted by Gasteiger charge is 2.34. The lowest BCUT2D eigenvalue weighted by atomic mass is 10.2. The van der Waals surface area contributed by atoms with Crippen LogP contribution in [-0.4, -0.2) is 20.4 Å². The number of hydrogen-bond donors (Lipinski definition) is 1. The molecule has 1 amide bonds. The Hall–Kier alpha value is -2.34. The number of nitrogens with one attached hydrogen (secondary N) is 1. The maximum Gasteiger partial charge on any atom is 0.264 e. The van der Waals surface area contributed by atoms with Crippen LogP contribution in [0.2, 0.25) is 0 Å². The largest absolute Gasteiger partial charge is 0.324 e. The highest BCUT2D eigenvalue weighted by molar-refractivity contribution is 7.92. The van der Waals surface area contributed by atoms with Crippen molar-refractivity contribution in [2.75, 3.05) is 9.62 Å². The fraction of sp³-hybridized carbons (Fsp3) is 0.235. The number of para-hydroxylation sites is 2. The van der Waals surface area contributed by atoms with Crippen LogP contribution in [0.25, 0.3) is 0 Å². The van der Waals surface area contributed by atoms with Gasteiger partial charge in [0.15, 0.2) is 0 Å². The zero-order valence-electron chi connectivity index (χ0n) is 13.0. The summed E-state index contributed by atoms with van der Waals surface area (Å²) in [5.41, 5.74) is 1.99. The first kappa shape index (κ1) is 15.6. The summed E-state index contributed by atoms with van der Waals surface area (Å²) in [6.07, 6.45) is 0.111. The van der Waals surface area contributed by atoms with Crippen LogP contribution in [0.4, 0.5) is 11.4 Å². The summed E-state index contributed by atoms with van der Waals surface area (Å²) in [6, 6.07) is 13.2. The molecule has 2 aromatic rings. The van der Waals surface area contributed by atoms with Crippen LogP contribution in [0.3, 0.4) is 0 Å². The van der Waals surface area contributed by atoms with Gasteiger partial charge in [0.05, 0.1) is 22.3 Å². The van der Waals surface area contributed by atoms with Crippen molar-refractivity contribution in [2.24, 2.45) is 0 Å². The van der Waals surface area contributed by atoms with Crippen LogP contribution >= 0.6 is 0 Å². The number of aryl methyl sites for hydroxylation is 1. The summed E-state index contributed by atoms with van der Waals surface area (Å²) < 4.78 is 27.6. The zero-order chi connectivity index (χ0) is 16.6. The van der Waals surface area contributed by atoms with Gasteiger partial charge in [-0.1, -0.05) is 29.8 Å². The van der Waals surface area contributed by atoms with Gasteiger partial charge in [-0.25, -0.2) is 8.42 Å². The minimum Gasteiger partial charge on any atom is -0.324 e. The number of rotatable bonds is 2. The molecule has 0 bridgehead atoms. The molecule has 1 atom stereocenters. The Labute approximate surface area is 136 Å². The maximum atomic E-state index is 13.1. The average Bonchev–Trinajstić information content (AvgIpc) is 2.62. The van der Waals surface area contributed by atoms with Gasteiger partial charge < -0.3 is 5.32 Å². The molecule has 2 aromatic carbocycles. The quantitative estimate of drug-likeness (QED) is 0.920. The van der Waals surface area contributed by atoms with Crippen LogP contribution in [-0.2, 0) is 14.8 Å². The first-order chi connectivity index (χ1) is 10.9. The van der Waals surface area contributed by atoms with Gasteiger partial charge in [0.2, 0.25) is 5.91 Å². The topological polar surface area (TPSA) is 66.5 Å². The Bertz CT molecular complexity index is 844. The van der Waals surface area contributed by atoms with E-state index >= 15 is 0 Å². The van der Waals surface area contributed by atoms with Crippen LogP contribution in [0, 0.1) is 6.92 Å². The highest BCUT2D eigenvalue weighted by atomic mass is 32.2. The molecule has 6 heteroatoms. The molecule has 0 saturated carbocycles. The molecule has 0 fully saturated rings. The Balaban J connectivity index is 2.16. The Kier molecular flexibility index (Phi) is 3.85. The van der Waals surface area contributed by atoms with E-state index in [4.69, 9.17) is 0 Å². The second kappa shape index (κ2) is 5.70. The monoisotopic (exact) mass is 330 g/mol. The van der Waals surface area contributed by atoms with Gasteiger partial charge >= 0.3 is 0 Å². The van der Waals surface area contributed by atoms with E-state index in [1.165, 1.54) is 4.31 Å². The lowest BCUT2D eigenvalue weighted by Gasteiger charge is -2.29. The predicted octanol–water partition coefficient (Wildman–Crippen LogP) is 2.92. The van der Waals surface area contributed by atoms with Crippen molar-refractivity contribution in [2.45, 2.75) is 31.2 Å². The average molecular weight is 330 g/mol. The van der Waals surface area contributed by atoms with Crippen LogP contribution in [0.5, 0.6) is 0 Å². The minimum atomic E-state index is -3.75. The van der Waals surface area contributed by atoms with Gasteiger partial charge in [-0.3, -0.25) is 9.10 Å². The third-order valence-electron chi connectivity index (χ3n) is 3.87. The van der Waals surface area contributed by atoms with Crippen molar-refractivity contribution in [3.63, 3.8) is 0 Å². The van der Waals surface area contributed by atoms with Crippen LogP contribution in [0.15, 0.2) is 53.4 Å². The van der Waals surface area contributed by atoms with Gasteiger partial charge in [-0.05, 0) is 38.1 Å². The molecule has 1 aliphatic heterocycles.